The molecule has 6 nitrogen and oxygen atoms in total. The van der Waals surface area contributed by atoms with Gasteiger partial charge in [-0.3, -0.25) is 9.67 Å². The third-order valence-electron chi connectivity index (χ3n) is 4.10. The zero-order chi connectivity index (χ0) is 15.6. The lowest BCUT2D eigenvalue weighted by atomic mass is 10.0. The van der Waals surface area contributed by atoms with E-state index in [9.17, 15) is 0 Å². The Morgan fingerprint density at radius 3 is 2.83 bits per heavy atom. The third-order valence-corrected chi connectivity index (χ3v) is 4.10. The smallest absolute Gasteiger partial charge is 0.191 e. The first kappa shape index (κ1) is 20.2. The fourth-order valence-electron chi connectivity index (χ4n) is 2.92. The molecule has 1 aliphatic rings. The van der Waals surface area contributed by atoms with Crippen LogP contribution in [0.4, 0.5) is 0 Å². The van der Waals surface area contributed by atoms with Gasteiger partial charge in [0.2, 0.25) is 0 Å². The van der Waals surface area contributed by atoms with E-state index < -0.39 is 0 Å². The van der Waals surface area contributed by atoms with Crippen LogP contribution < -0.4 is 10.6 Å². The molecule has 7 heteroatoms. The van der Waals surface area contributed by atoms with Crippen molar-refractivity contribution in [3.8, 4) is 0 Å². The molecule has 2 heterocycles. The first-order valence-electron chi connectivity index (χ1n) is 8.42. The summed E-state index contributed by atoms with van der Waals surface area (Å²) in [5.41, 5.74) is 0. The highest BCUT2D eigenvalue weighted by atomic mass is 127. The minimum atomic E-state index is 0. The monoisotopic (exact) mass is 434 g/mol. The minimum Gasteiger partial charge on any atom is -0.356 e. The lowest BCUT2D eigenvalue weighted by Gasteiger charge is -2.30. The first-order chi connectivity index (χ1) is 10.8. The van der Waals surface area contributed by atoms with Crippen LogP contribution in [-0.2, 0) is 6.54 Å². The second-order valence-electron chi connectivity index (χ2n) is 6.10. The van der Waals surface area contributed by atoms with Crippen LogP contribution in [0.3, 0.4) is 0 Å². The molecule has 0 aromatic carbocycles. The zero-order valence-electron chi connectivity index (χ0n) is 14.4. The molecule has 23 heavy (non-hydrogen) atoms. The Bertz CT molecular complexity index is 434. The van der Waals surface area contributed by atoms with Gasteiger partial charge in [0.15, 0.2) is 5.96 Å². The van der Waals surface area contributed by atoms with Gasteiger partial charge >= 0.3 is 0 Å². The summed E-state index contributed by atoms with van der Waals surface area (Å²) in [5.74, 6) is 1.74. The highest BCUT2D eigenvalue weighted by Crippen LogP contribution is 2.14. The Labute approximate surface area is 157 Å². The van der Waals surface area contributed by atoms with E-state index in [1.165, 1.54) is 25.9 Å². The van der Waals surface area contributed by atoms with E-state index in [4.69, 9.17) is 0 Å². The Balaban J connectivity index is 0.00000264. The van der Waals surface area contributed by atoms with E-state index in [-0.39, 0.29) is 24.0 Å². The standard InChI is InChI=1S/C16H30N6.HI/c1-15-6-3-10-21(14-15)13-9-19-16(17-2)18-7-4-11-22-12-5-8-20-22;/h5,8,12,15H,3-4,6-7,9-11,13-14H2,1-2H3,(H2,17,18,19);1H. The van der Waals surface area contributed by atoms with Crippen molar-refractivity contribution in [1.29, 1.82) is 0 Å². The predicted molar refractivity (Wildman–Crippen MR) is 106 cm³/mol. The van der Waals surface area contributed by atoms with E-state index in [1.807, 2.05) is 30.2 Å². The summed E-state index contributed by atoms with van der Waals surface area (Å²) < 4.78 is 1.95. The van der Waals surface area contributed by atoms with Gasteiger partial charge in [-0.25, -0.2) is 0 Å². The maximum atomic E-state index is 4.27. The predicted octanol–water partition coefficient (Wildman–Crippen LogP) is 1.79. The molecule has 1 saturated heterocycles. The lowest BCUT2D eigenvalue weighted by Crippen LogP contribution is -2.44. The van der Waals surface area contributed by atoms with Gasteiger partial charge in [0.1, 0.15) is 0 Å². The molecular formula is C16H31IN6. The molecule has 0 aliphatic carbocycles. The van der Waals surface area contributed by atoms with Gasteiger partial charge in [-0.05, 0) is 37.8 Å². The van der Waals surface area contributed by atoms with Crippen LogP contribution in [-0.4, -0.2) is 60.4 Å². The summed E-state index contributed by atoms with van der Waals surface area (Å²) in [6.45, 7) is 8.70. The second-order valence-corrected chi connectivity index (χ2v) is 6.10. The fraction of sp³-hybridized carbons (Fsp3) is 0.750. The molecule has 0 saturated carbocycles. The Kier molecular flexibility index (Phi) is 10.3. The van der Waals surface area contributed by atoms with Gasteiger partial charge in [-0.1, -0.05) is 6.92 Å². The number of nitrogens with one attached hydrogen (secondary N) is 2. The molecule has 1 atom stereocenters. The van der Waals surface area contributed by atoms with Crippen molar-refractivity contribution in [2.75, 3.05) is 39.8 Å². The van der Waals surface area contributed by atoms with Crippen LogP contribution in [0.15, 0.2) is 23.5 Å². The number of aliphatic imine (C=N–C) groups is 1. The number of halogens is 1. The molecule has 132 valence electrons. The van der Waals surface area contributed by atoms with E-state index in [1.54, 1.807) is 0 Å². The van der Waals surface area contributed by atoms with E-state index in [0.29, 0.717) is 0 Å². The molecule has 2 N–H and O–H groups in total. The van der Waals surface area contributed by atoms with Crippen molar-refractivity contribution >= 4 is 29.9 Å². The van der Waals surface area contributed by atoms with Crippen molar-refractivity contribution in [3.63, 3.8) is 0 Å². The van der Waals surface area contributed by atoms with Crippen LogP contribution in [0.2, 0.25) is 0 Å². The normalized spacial score (nSPS) is 19.2. The first-order valence-corrected chi connectivity index (χ1v) is 8.42. The Hall–Kier alpha value is -0.830. The maximum Gasteiger partial charge on any atom is 0.191 e. The lowest BCUT2D eigenvalue weighted by molar-refractivity contribution is 0.187. The van der Waals surface area contributed by atoms with Crippen LogP contribution in [0.25, 0.3) is 0 Å². The number of nitrogens with zero attached hydrogens (tertiary/aromatic N) is 4. The maximum absolute atomic E-state index is 4.27. The van der Waals surface area contributed by atoms with Gasteiger partial charge < -0.3 is 15.5 Å². The van der Waals surface area contributed by atoms with Crippen molar-refractivity contribution in [1.82, 2.24) is 25.3 Å². The molecule has 0 amide bonds. The van der Waals surface area contributed by atoms with E-state index in [0.717, 1.165) is 44.5 Å². The Morgan fingerprint density at radius 2 is 2.13 bits per heavy atom. The van der Waals surface area contributed by atoms with Crippen LogP contribution >= 0.6 is 24.0 Å². The number of likely N-dealkylation sites (tertiary alicyclic amines) is 1. The van der Waals surface area contributed by atoms with Crippen LogP contribution in [0.5, 0.6) is 0 Å². The van der Waals surface area contributed by atoms with Crippen molar-refractivity contribution in [2.45, 2.75) is 32.7 Å². The summed E-state index contributed by atoms with van der Waals surface area (Å²) in [7, 11) is 1.83. The molecule has 1 aromatic rings. The van der Waals surface area contributed by atoms with Crippen molar-refractivity contribution < 1.29 is 0 Å². The molecule has 0 radical (unpaired) electrons. The number of guanidine groups is 1. The molecule has 1 aromatic heterocycles. The van der Waals surface area contributed by atoms with Gasteiger partial charge in [0.25, 0.3) is 0 Å². The van der Waals surface area contributed by atoms with Gasteiger partial charge in [-0.15, -0.1) is 24.0 Å². The average Bonchev–Trinajstić information content (AvgIpc) is 3.03. The van der Waals surface area contributed by atoms with Crippen LogP contribution in [0.1, 0.15) is 26.2 Å². The Morgan fingerprint density at radius 1 is 1.30 bits per heavy atom. The summed E-state index contributed by atoms with van der Waals surface area (Å²) in [4.78, 5) is 6.82. The van der Waals surface area contributed by atoms with E-state index >= 15 is 0 Å². The summed E-state index contributed by atoms with van der Waals surface area (Å²) in [6, 6.07) is 1.95. The van der Waals surface area contributed by atoms with Crippen molar-refractivity contribution in [2.24, 2.45) is 10.9 Å². The number of rotatable bonds is 7. The topological polar surface area (TPSA) is 57.5 Å². The van der Waals surface area contributed by atoms with Crippen LogP contribution in [0, 0.1) is 5.92 Å². The number of hydrogen-bond donors (Lipinski definition) is 2. The summed E-state index contributed by atoms with van der Waals surface area (Å²) in [6.07, 6.45) is 7.55. The molecule has 1 unspecified atom stereocenters. The molecule has 1 aliphatic heterocycles. The molecule has 1 fully saturated rings. The highest BCUT2D eigenvalue weighted by molar-refractivity contribution is 14.0. The largest absolute Gasteiger partial charge is 0.356 e. The van der Waals surface area contributed by atoms with Gasteiger partial charge in [0.05, 0.1) is 0 Å². The second kappa shape index (κ2) is 11.7. The number of piperidine rings is 1. The number of hydrogen-bond acceptors (Lipinski definition) is 3. The summed E-state index contributed by atoms with van der Waals surface area (Å²) in [5, 5.41) is 11.0. The average molecular weight is 434 g/mol. The zero-order valence-corrected chi connectivity index (χ0v) is 16.7. The quantitative estimate of drug-likeness (QED) is 0.298. The highest BCUT2D eigenvalue weighted by Gasteiger charge is 2.15. The molecule has 2 rings (SSSR count). The van der Waals surface area contributed by atoms with Gasteiger partial charge in [-0.2, -0.15) is 5.10 Å². The van der Waals surface area contributed by atoms with E-state index in [2.05, 4.69) is 32.5 Å². The van der Waals surface area contributed by atoms with Crippen molar-refractivity contribution in [3.05, 3.63) is 18.5 Å². The fourth-order valence-corrected chi connectivity index (χ4v) is 2.92. The molecule has 0 bridgehead atoms. The SMILES string of the molecule is CN=C(NCCCn1cccn1)NCCN1CCCC(C)C1.I. The van der Waals surface area contributed by atoms with Gasteiger partial charge in [0, 0.05) is 52.2 Å². The number of aryl methyl sites for hydroxylation is 1. The minimum absolute atomic E-state index is 0. The third kappa shape index (κ3) is 8.01. The number of aromatic nitrogens is 2. The molecular weight excluding hydrogens is 403 g/mol. The summed E-state index contributed by atoms with van der Waals surface area (Å²) >= 11 is 0. The molecule has 0 spiro atoms.